The van der Waals surface area contributed by atoms with E-state index in [9.17, 15) is 27.6 Å². The third-order valence-corrected chi connectivity index (χ3v) is 5.71. The minimum Gasteiger partial charge on any atom is -0.370 e. The summed E-state index contributed by atoms with van der Waals surface area (Å²) in [6.45, 7) is 3.79. The van der Waals surface area contributed by atoms with E-state index in [-0.39, 0.29) is 5.02 Å². The van der Waals surface area contributed by atoms with Crippen molar-refractivity contribution in [3.63, 3.8) is 0 Å². The molecule has 2 unspecified atom stereocenters. The minimum absolute atomic E-state index is 0.247. The van der Waals surface area contributed by atoms with Crippen LogP contribution >= 0.6 is 11.6 Å². The maximum atomic E-state index is 13.0. The number of alkyl halides is 3. The van der Waals surface area contributed by atoms with Crippen molar-refractivity contribution in [1.82, 2.24) is 5.32 Å². The number of nitrogens with two attached hydrogens (primary N) is 1. The SMILES string of the molecule is Cc1cc(C)cc(C2=NC(NC(=O)C(CCC(F)(F)F)CC(N)=O)C(=O)Nc3c(Cl)cccc32)c1. The van der Waals surface area contributed by atoms with Crippen molar-refractivity contribution in [3.8, 4) is 0 Å². The summed E-state index contributed by atoms with van der Waals surface area (Å²) in [7, 11) is 0. The van der Waals surface area contributed by atoms with E-state index in [0.717, 1.165) is 11.1 Å². The van der Waals surface area contributed by atoms with Crippen molar-refractivity contribution in [1.29, 1.82) is 0 Å². The van der Waals surface area contributed by atoms with Gasteiger partial charge in [-0.1, -0.05) is 40.9 Å². The molecule has 0 fully saturated rings. The molecule has 1 aliphatic heterocycles. The Bertz CT molecular complexity index is 1180. The van der Waals surface area contributed by atoms with Gasteiger partial charge in [0.1, 0.15) is 0 Å². The van der Waals surface area contributed by atoms with Crippen LogP contribution in [-0.4, -0.2) is 35.8 Å². The fourth-order valence-electron chi connectivity index (χ4n) is 3.90. The Balaban J connectivity index is 2.01. The number of amides is 3. The number of halogens is 4. The van der Waals surface area contributed by atoms with E-state index in [2.05, 4.69) is 15.6 Å². The standard InChI is InChI=1S/C24H24ClF3N4O3/c1-12-8-13(2)10-15(9-12)19-16-4-3-5-17(25)20(16)31-23(35)21(30-19)32-22(34)14(11-18(29)33)6-7-24(26,27)28/h3-5,8-10,14,21H,6-7,11H2,1-2H3,(H2,29,33)(H,31,35)(H,32,34). The maximum Gasteiger partial charge on any atom is 0.389 e. The number of hydrogen-bond acceptors (Lipinski definition) is 4. The highest BCUT2D eigenvalue weighted by atomic mass is 35.5. The van der Waals surface area contributed by atoms with E-state index in [0.29, 0.717) is 22.5 Å². The number of carbonyl (C=O) groups is 3. The molecule has 4 N–H and O–H groups in total. The number of hydrogen-bond donors (Lipinski definition) is 3. The summed E-state index contributed by atoms with van der Waals surface area (Å²) >= 11 is 6.33. The Morgan fingerprint density at radius 2 is 1.86 bits per heavy atom. The Morgan fingerprint density at radius 1 is 1.20 bits per heavy atom. The van der Waals surface area contributed by atoms with Gasteiger partial charge < -0.3 is 16.4 Å². The summed E-state index contributed by atoms with van der Waals surface area (Å²) < 4.78 is 38.2. The van der Waals surface area contributed by atoms with Crippen LogP contribution < -0.4 is 16.4 Å². The number of para-hydroxylation sites is 1. The van der Waals surface area contributed by atoms with Crippen molar-refractivity contribution in [2.24, 2.45) is 16.6 Å². The predicted octanol–water partition coefficient (Wildman–Crippen LogP) is 4.02. The maximum absolute atomic E-state index is 13.0. The van der Waals surface area contributed by atoms with Crippen LogP contribution in [0.3, 0.4) is 0 Å². The third kappa shape index (κ3) is 6.82. The van der Waals surface area contributed by atoms with E-state index < -0.39 is 55.2 Å². The normalized spacial score (nSPS) is 16.5. The molecule has 0 saturated heterocycles. The Morgan fingerprint density at radius 3 is 2.46 bits per heavy atom. The van der Waals surface area contributed by atoms with Gasteiger partial charge in [0.05, 0.1) is 16.4 Å². The van der Waals surface area contributed by atoms with Crippen LogP contribution in [-0.2, 0) is 14.4 Å². The van der Waals surface area contributed by atoms with Crippen LogP contribution in [0.4, 0.5) is 18.9 Å². The summed E-state index contributed by atoms with van der Waals surface area (Å²) in [4.78, 5) is 41.7. The Labute approximate surface area is 204 Å². The van der Waals surface area contributed by atoms with Gasteiger partial charge in [-0.15, -0.1) is 0 Å². The van der Waals surface area contributed by atoms with Gasteiger partial charge in [-0.25, -0.2) is 4.99 Å². The van der Waals surface area contributed by atoms with Crippen molar-refractivity contribution in [3.05, 3.63) is 63.7 Å². The molecule has 11 heteroatoms. The highest BCUT2D eigenvalue weighted by Gasteiger charge is 2.34. The number of rotatable bonds is 7. The Hall–Kier alpha value is -3.40. The topological polar surface area (TPSA) is 114 Å². The molecule has 35 heavy (non-hydrogen) atoms. The lowest BCUT2D eigenvalue weighted by Gasteiger charge is -2.19. The number of aryl methyl sites for hydroxylation is 2. The molecule has 0 bridgehead atoms. The summed E-state index contributed by atoms with van der Waals surface area (Å²) in [6, 6.07) is 10.6. The van der Waals surface area contributed by atoms with Crippen molar-refractivity contribution >= 4 is 40.7 Å². The number of carbonyl (C=O) groups excluding carboxylic acids is 3. The summed E-state index contributed by atoms with van der Waals surface area (Å²) in [5, 5.41) is 5.26. The van der Waals surface area contributed by atoms with Crippen molar-refractivity contribution in [2.45, 2.75) is 45.5 Å². The fourth-order valence-corrected chi connectivity index (χ4v) is 4.12. The molecule has 1 aliphatic rings. The molecule has 186 valence electrons. The summed E-state index contributed by atoms with van der Waals surface area (Å²) in [5.41, 5.74) is 8.83. The largest absolute Gasteiger partial charge is 0.389 e. The van der Waals surface area contributed by atoms with E-state index in [1.165, 1.54) is 0 Å². The van der Waals surface area contributed by atoms with E-state index in [1.54, 1.807) is 18.2 Å². The second-order valence-corrected chi connectivity index (χ2v) is 8.85. The predicted molar refractivity (Wildman–Crippen MR) is 126 cm³/mol. The lowest BCUT2D eigenvalue weighted by Crippen LogP contribution is -2.45. The van der Waals surface area contributed by atoms with Crippen LogP contribution in [0.25, 0.3) is 0 Å². The van der Waals surface area contributed by atoms with Gasteiger partial charge in [-0.05, 0) is 38.5 Å². The van der Waals surface area contributed by atoms with Gasteiger partial charge in [-0.3, -0.25) is 14.4 Å². The van der Waals surface area contributed by atoms with E-state index >= 15 is 0 Å². The van der Waals surface area contributed by atoms with Crippen molar-refractivity contribution < 1.29 is 27.6 Å². The van der Waals surface area contributed by atoms with Gasteiger partial charge in [0, 0.05) is 29.9 Å². The van der Waals surface area contributed by atoms with Crippen LogP contribution in [0.1, 0.15) is 41.5 Å². The number of primary amides is 1. The highest BCUT2D eigenvalue weighted by molar-refractivity contribution is 6.36. The Kier molecular flexibility index (Phi) is 7.84. The molecular weight excluding hydrogens is 485 g/mol. The lowest BCUT2D eigenvalue weighted by molar-refractivity contribution is -0.143. The molecule has 1 heterocycles. The molecule has 3 amide bonds. The smallest absolute Gasteiger partial charge is 0.370 e. The molecule has 0 radical (unpaired) electrons. The zero-order valence-corrected chi connectivity index (χ0v) is 19.8. The van der Waals surface area contributed by atoms with Gasteiger partial charge in [0.25, 0.3) is 5.91 Å². The number of fused-ring (bicyclic) bond motifs is 1. The first-order chi connectivity index (χ1) is 16.3. The van der Waals surface area contributed by atoms with Gasteiger partial charge in [0.2, 0.25) is 18.0 Å². The molecule has 0 spiro atoms. The molecule has 0 aliphatic carbocycles. The minimum atomic E-state index is -4.53. The average Bonchev–Trinajstić information content (AvgIpc) is 2.87. The third-order valence-electron chi connectivity index (χ3n) is 5.39. The van der Waals surface area contributed by atoms with Crippen LogP contribution in [0.5, 0.6) is 0 Å². The first kappa shape index (κ1) is 26.2. The molecule has 0 saturated carbocycles. The molecule has 0 aromatic heterocycles. The molecule has 7 nitrogen and oxygen atoms in total. The second kappa shape index (κ2) is 10.5. The number of nitrogens with one attached hydrogen (secondary N) is 2. The molecule has 2 atom stereocenters. The molecular formula is C24H24ClF3N4O3. The van der Waals surface area contributed by atoms with Crippen LogP contribution in [0.15, 0.2) is 41.4 Å². The number of anilines is 1. The number of benzodiazepines with no additional fused rings is 1. The first-order valence-electron chi connectivity index (χ1n) is 10.8. The quantitative estimate of drug-likeness (QED) is 0.524. The number of aliphatic imine (C=N–C) groups is 1. The van der Waals surface area contributed by atoms with Gasteiger partial charge in [-0.2, -0.15) is 13.2 Å². The fraction of sp³-hybridized carbons (Fsp3) is 0.333. The monoisotopic (exact) mass is 508 g/mol. The molecule has 3 rings (SSSR count). The second-order valence-electron chi connectivity index (χ2n) is 8.44. The summed E-state index contributed by atoms with van der Waals surface area (Å²) in [6.07, 6.45) is -8.55. The first-order valence-corrected chi connectivity index (χ1v) is 11.1. The molecule has 2 aromatic rings. The van der Waals surface area contributed by atoms with Gasteiger partial charge in [0.15, 0.2) is 0 Å². The van der Waals surface area contributed by atoms with Gasteiger partial charge >= 0.3 is 6.18 Å². The van der Waals surface area contributed by atoms with Crippen molar-refractivity contribution in [2.75, 3.05) is 5.32 Å². The zero-order chi connectivity index (χ0) is 25.9. The lowest BCUT2D eigenvalue weighted by atomic mass is 9.97. The summed E-state index contributed by atoms with van der Waals surface area (Å²) in [5.74, 6) is -3.98. The molecule has 2 aromatic carbocycles. The van der Waals surface area contributed by atoms with E-state index in [4.69, 9.17) is 17.3 Å². The van der Waals surface area contributed by atoms with E-state index in [1.807, 2.05) is 32.0 Å². The number of nitrogens with zero attached hydrogens (tertiary/aromatic N) is 1. The number of benzene rings is 2. The zero-order valence-electron chi connectivity index (χ0n) is 19.0. The van der Waals surface area contributed by atoms with Crippen LogP contribution in [0, 0.1) is 19.8 Å². The highest BCUT2D eigenvalue weighted by Crippen LogP contribution is 2.31. The van der Waals surface area contributed by atoms with Crippen LogP contribution in [0.2, 0.25) is 5.02 Å². The average molecular weight is 509 g/mol.